The minimum absolute atomic E-state index is 0.246. The second kappa shape index (κ2) is 7.10. The third-order valence-corrected chi connectivity index (χ3v) is 4.53. The van der Waals surface area contributed by atoms with Crippen molar-refractivity contribution in [2.75, 3.05) is 55.6 Å². The number of rotatable bonds is 3. The summed E-state index contributed by atoms with van der Waals surface area (Å²) in [6.07, 6.45) is -1.46. The van der Waals surface area contributed by atoms with E-state index in [4.69, 9.17) is 0 Å². The van der Waals surface area contributed by atoms with Crippen LogP contribution in [-0.2, 0) is 0 Å². The fourth-order valence-electron chi connectivity index (χ4n) is 3.17. The lowest BCUT2D eigenvalue weighted by Gasteiger charge is -2.36. The molecule has 0 aromatic carbocycles. The van der Waals surface area contributed by atoms with Crippen LogP contribution in [0.2, 0.25) is 0 Å². The molecule has 3 rings (SSSR count). The summed E-state index contributed by atoms with van der Waals surface area (Å²) >= 11 is 0. The first-order valence-electron chi connectivity index (χ1n) is 8.20. The van der Waals surface area contributed by atoms with E-state index in [0.29, 0.717) is 26.2 Å². The van der Waals surface area contributed by atoms with Gasteiger partial charge in [0, 0.05) is 45.3 Å². The Morgan fingerprint density at radius 3 is 2.04 bits per heavy atom. The van der Waals surface area contributed by atoms with Gasteiger partial charge in [-0.3, -0.25) is 4.90 Å². The molecule has 1 aromatic rings. The van der Waals surface area contributed by atoms with Gasteiger partial charge in [0.2, 0.25) is 0 Å². The van der Waals surface area contributed by atoms with Crippen LogP contribution in [0.25, 0.3) is 0 Å². The first-order valence-corrected chi connectivity index (χ1v) is 8.20. The summed E-state index contributed by atoms with van der Waals surface area (Å²) in [7, 11) is 0. The van der Waals surface area contributed by atoms with Gasteiger partial charge in [0.05, 0.1) is 12.6 Å². The zero-order valence-electron chi connectivity index (χ0n) is 13.4. The van der Waals surface area contributed by atoms with Gasteiger partial charge < -0.3 is 14.9 Å². The average molecular weight is 345 g/mol. The molecule has 134 valence electrons. The molecule has 3 heterocycles. The number of piperazine rings is 1. The topological polar surface area (TPSA) is 55.7 Å². The van der Waals surface area contributed by atoms with E-state index in [9.17, 15) is 18.3 Å². The maximum atomic E-state index is 12.4. The van der Waals surface area contributed by atoms with Gasteiger partial charge in [-0.25, -0.2) is 9.97 Å². The zero-order valence-corrected chi connectivity index (χ0v) is 13.4. The average Bonchev–Trinajstić information content (AvgIpc) is 2.55. The van der Waals surface area contributed by atoms with Crippen LogP contribution < -0.4 is 9.80 Å². The standard InChI is InChI=1S/C15H22F3N5O/c16-15(17,18)10-21-5-7-23(8-6-21)14-9-13(19-11-20-14)22-3-1-12(24)2-4-22/h9,11-12,24H,1-8,10H2. The normalized spacial score (nSPS) is 21.3. The van der Waals surface area contributed by atoms with Gasteiger partial charge in [-0.1, -0.05) is 0 Å². The van der Waals surface area contributed by atoms with E-state index in [0.717, 1.165) is 37.6 Å². The van der Waals surface area contributed by atoms with Gasteiger partial charge in [-0.05, 0) is 12.8 Å². The van der Waals surface area contributed by atoms with E-state index in [1.54, 1.807) is 0 Å². The summed E-state index contributed by atoms with van der Waals surface area (Å²) in [5.74, 6) is 1.56. The maximum Gasteiger partial charge on any atom is 0.401 e. The number of anilines is 2. The Hall–Kier alpha value is -1.61. The molecule has 0 aliphatic carbocycles. The van der Waals surface area contributed by atoms with Gasteiger partial charge in [0.1, 0.15) is 18.0 Å². The minimum Gasteiger partial charge on any atom is -0.393 e. The van der Waals surface area contributed by atoms with Crippen molar-refractivity contribution in [2.24, 2.45) is 0 Å². The number of piperidine rings is 1. The van der Waals surface area contributed by atoms with Crippen LogP contribution in [0.3, 0.4) is 0 Å². The van der Waals surface area contributed by atoms with Crippen molar-refractivity contribution in [3.8, 4) is 0 Å². The molecule has 0 saturated carbocycles. The molecule has 0 radical (unpaired) electrons. The number of hydrogen-bond donors (Lipinski definition) is 1. The van der Waals surface area contributed by atoms with E-state index in [1.807, 2.05) is 11.0 Å². The number of aromatic nitrogens is 2. The molecule has 0 amide bonds. The number of nitrogens with zero attached hydrogens (tertiary/aromatic N) is 5. The predicted octanol–water partition coefficient (Wildman–Crippen LogP) is 1.12. The first kappa shape index (κ1) is 17.2. The van der Waals surface area contributed by atoms with Gasteiger partial charge in [-0.15, -0.1) is 0 Å². The highest BCUT2D eigenvalue weighted by molar-refractivity contribution is 5.50. The molecule has 0 atom stereocenters. The Labute approximate surface area is 138 Å². The van der Waals surface area contributed by atoms with Crippen LogP contribution in [0, 0.1) is 0 Å². The first-order chi connectivity index (χ1) is 11.4. The predicted molar refractivity (Wildman–Crippen MR) is 84.2 cm³/mol. The van der Waals surface area contributed by atoms with Crippen molar-refractivity contribution in [3.05, 3.63) is 12.4 Å². The number of hydrogen-bond acceptors (Lipinski definition) is 6. The van der Waals surface area contributed by atoms with Gasteiger partial charge in [-0.2, -0.15) is 13.2 Å². The lowest BCUT2D eigenvalue weighted by molar-refractivity contribution is -0.146. The molecule has 1 aromatic heterocycles. The monoisotopic (exact) mass is 345 g/mol. The second-order valence-electron chi connectivity index (χ2n) is 6.33. The Morgan fingerprint density at radius 2 is 1.50 bits per heavy atom. The number of aliphatic hydroxyl groups is 1. The molecule has 24 heavy (non-hydrogen) atoms. The third-order valence-electron chi connectivity index (χ3n) is 4.53. The largest absolute Gasteiger partial charge is 0.401 e. The highest BCUT2D eigenvalue weighted by atomic mass is 19.4. The summed E-state index contributed by atoms with van der Waals surface area (Å²) in [5.41, 5.74) is 0. The number of aliphatic hydroxyl groups excluding tert-OH is 1. The van der Waals surface area contributed by atoms with Crippen LogP contribution in [0.1, 0.15) is 12.8 Å². The van der Waals surface area contributed by atoms with Gasteiger partial charge >= 0.3 is 6.18 Å². The lowest BCUT2D eigenvalue weighted by atomic mass is 10.1. The third kappa shape index (κ3) is 4.47. The molecule has 0 spiro atoms. The SMILES string of the molecule is OC1CCN(c2cc(N3CCN(CC(F)(F)F)CC3)ncn2)CC1. The molecule has 2 aliphatic heterocycles. The summed E-state index contributed by atoms with van der Waals surface area (Å²) in [6, 6.07) is 1.89. The Balaban J connectivity index is 1.59. The molecule has 2 saturated heterocycles. The molecule has 0 unspecified atom stereocenters. The van der Waals surface area contributed by atoms with E-state index >= 15 is 0 Å². The molecule has 2 fully saturated rings. The van der Waals surface area contributed by atoms with Crippen molar-refractivity contribution in [2.45, 2.75) is 25.1 Å². The van der Waals surface area contributed by atoms with Crippen LogP contribution in [0.15, 0.2) is 12.4 Å². The van der Waals surface area contributed by atoms with Gasteiger partial charge in [0.15, 0.2) is 0 Å². The Bertz CT molecular complexity index is 540. The Kier molecular flexibility index (Phi) is 5.09. The minimum atomic E-state index is -4.15. The maximum absolute atomic E-state index is 12.4. The smallest absolute Gasteiger partial charge is 0.393 e. The van der Waals surface area contributed by atoms with Crippen molar-refractivity contribution in [1.29, 1.82) is 0 Å². The van der Waals surface area contributed by atoms with Crippen molar-refractivity contribution in [1.82, 2.24) is 14.9 Å². The van der Waals surface area contributed by atoms with E-state index in [2.05, 4.69) is 14.9 Å². The lowest BCUT2D eigenvalue weighted by Crippen LogP contribution is -2.49. The zero-order chi connectivity index (χ0) is 17.2. The molecular formula is C15H22F3N5O. The summed E-state index contributed by atoms with van der Waals surface area (Å²) < 4.78 is 37.3. The quantitative estimate of drug-likeness (QED) is 0.886. The van der Waals surface area contributed by atoms with E-state index < -0.39 is 12.7 Å². The van der Waals surface area contributed by atoms with Crippen LogP contribution >= 0.6 is 0 Å². The van der Waals surface area contributed by atoms with Crippen molar-refractivity contribution in [3.63, 3.8) is 0 Å². The molecular weight excluding hydrogens is 323 g/mol. The molecule has 6 nitrogen and oxygen atoms in total. The van der Waals surface area contributed by atoms with E-state index in [-0.39, 0.29) is 6.10 Å². The summed E-state index contributed by atoms with van der Waals surface area (Å²) in [5, 5.41) is 9.59. The van der Waals surface area contributed by atoms with Gasteiger partial charge in [0.25, 0.3) is 0 Å². The number of halogens is 3. The molecule has 1 N–H and O–H groups in total. The van der Waals surface area contributed by atoms with Crippen molar-refractivity contribution >= 4 is 11.6 Å². The fourth-order valence-corrected chi connectivity index (χ4v) is 3.17. The molecule has 0 bridgehead atoms. The molecule has 9 heteroatoms. The second-order valence-corrected chi connectivity index (χ2v) is 6.33. The van der Waals surface area contributed by atoms with Crippen LogP contribution in [0.4, 0.5) is 24.8 Å². The van der Waals surface area contributed by atoms with E-state index in [1.165, 1.54) is 11.2 Å². The van der Waals surface area contributed by atoms with Crippen LogP contribution in [-0.4, -0.2) is 78.1 Å². The fraction of sp³-hybridized carbons (Fsp3) is 0.733. The summed E-state index contributed by atoms with van der Waals surface area (Å²) in [4.78, 5) is 14.1. The summed E-state index contributed by atoms with van der Waals surface area (Å²) in [6.45, 7) is 2.42. The highest BCUT2D eigenvalue weighted by Crippen LogP contribution is 2.23. The van der Waals surface area contributed by atoms with Crippen LogP contribution in [0.5, 0.6) is 0 Å². The Morgan fingerprint density at radius 1 is 0.958 bits per heavy atom. The molecule has 2 aliphatic rings. The number of alkyl halides is 3. The highest BCUT2D eigenvalue weighted by Gasteiger charge is 2.32. The van der Waals surface area contributed by atoms with Crippen molar-refractivity contribution < 1.29 is 18.3 Å².